The average Bonchev–Trinajstić information content (AvgIpc) is 3.32. The molecule has 2 aromatic heterocycles. The molecule has 0 bridgehead atoms. The third kappa shape index (κ3) is 3.27. The maximum Gasteiger partial charge on any atom is 0.339 e. The Hall–Kier alpha value is -3.11. The van der Waals surface area contributed by atoms with E-state index in [1.54, 1.807) is 18.3 Å². The van der Waals surface area contributed by atoms with E-state index < -0.39 is 12.1 Å². The Labute approximate surface area is 166 Å². The monoisotopic (exact) mass is 393 g/mol. The van der Waals surface area contributed by atoms with E-state index in [2.05, 4.69) is 9.97 Å². The minimum Gasteiger partial charge on any atom is -0.507 e. The van der Waals surface area contributed by atoms with Gasteiger partial charge in [-0.05, 0) is 50.3 Å². The highest BCUT2D eigenvalue weighted by Crippen LogP contribution is 2.31. The van der Waals surface area contributed by atoms with Crippen LogP contribution >= 0.6 is 11.3 Å². The number of hydrogen-bond donors (Lipinski definition) is 2. The van der Waals surface area contributed by atoms with Gasteiger partial charge in [0.15, 0.2) is 17.7 Å². The summed E-state index contributed by atoms with van der Waals surface area (Å²) in [7, 11) is 0. The molecule has 0 saturated heterocycles. The van der Waals surface area contributed by atoms with Gasteiger partial charge in [-0.3, -0.25) is 0 Å². The summed E-state index contributed by atoms with van der Waals surface area (Å²) in [6, 6.07) is 9.30. The van der Waals surface area contributed by atoms with Crippen molar-refractivity contribution >= 4 is 33.9 Å². The van der Waals surface area contributed by atoms with Crippen molar-refractivity contribution in [1.29, 1.82) is 5.26 Å². The number of benzene rings is 1. The van der Waals surface area contributed by atoms with Gasteiger partial charge in [0.2, 0.25) is 0 Å². The lowest BCUT2D eigenvalue weighted by Gasteiger charge is -2.15. The largest absolute Gasteiger partial charge is 0.507 e. The molecule has 0 radical (unpaired) electrons. The molecule has 1 atom stereocenters. The number of imidazole rings is 1. The first-order chi connectivity index (χ1) is 13.6. The number of rotatable bonds is 4. The van der Waals surface area contributed by atoms with E-state index in [0.29, 0.717) is 11.1 Å². The van der Waals surface area contributed by atoms with Gasteiger partial charge in [-0.15, -0.1) is 11.3 Å². The van der Waals surface area contributed by atoms with Crippen LogP contribution in [0.1, 0.15) is 46.4 Å². The van der Waals surface area contributed by atoms with Crippen molar-refractivity contribution in [2.75, 3.05) is 0 Å². The molecule has 0 saturated carbocycles. The molecule has 2 heterocycles. The van der Waals surface area contributed by atoms with Crippen LogP contribution in [-0.2, 0) is 17.6 Å². The molecule has 1 aliphatic carbocycles. The lowest BCUT2D eigenvalue weighted by Crippen LogP contribution is -2.19. The number of aliphatic hydroxyl groups is 1. The van der Waals surface area contributed by atoms with Crippen LogP contribution in [-0.4, -0.2) is 27.1 Å². The first-order valence-corrected chi connectivity index (χ1v) is 10.0. The fraction of sp³-hybridized carbons (Fsp3) is 0.286. The second kappa shape index (κ2) is 7.49. The SMILES string of the molecule is C[C@@H](OC(=O)c1csc2c1CCCC2)/C(O)=C(\C#N)c1nc2ccccc2[nH]1. The number of aliphatic hydroxyl groups excluding tert-OH is 1. The number of carbonyl (C=O) groups excluding carboxylic acids is 1. The summed E-state index contributed by atoms with van der Waals surface area (Å²) in [5.74, 6) is -0.545. The molecule has 1 aromatic carbocycles. The molecular weight excluding hydrogens is 374 g/mol. The van der Waals surface area contributed by atoms with Gasteiger partial charge in [0.05, 0.1) is 16.6 Å². The number of nitrogens with one attached hydrogen (secondary N) is 1. The number of aromatic amines is 1. The number of nitriles is 1. The van der Waals surface area contributed by atoms with Crippen molar-refractivity contribution in [3.05, 3.63) is 57.2 Å². The number of para-hydroxylation sites is 2. The predicted molar refractivity (Wildman–Crippen MR) is 107 cm³/mol. The van der Waals surface area contributed by atoms with Gasteiger partial charge in [0.1, 0.15) is 11.6 Å². The zero-order valence-electron chi connectivity index (χ0n) is 15.4. The Kier molecular flexibility index (Phi) is 4.88. The van der Waals surface area contributed by atoms with Crippen LogP contribution < -0.4 is 0 Å². The number of allylic oxidation sites excluding steroid dienone is 1. The summed E-state index contributed by atoms with van der Waals surface area (Å²) in [5, 5.41) is 21.9. The van der Waals surface area contributed by atoms with E-state index in [1.165, 1.54) is 4.88 Å². The number of fused-ring (bicyclic) bond motifs is 2. The maximum atomic E-state index is 12.6. The van der Waals surface area contributed by atoms with Crippen LogP contribution in [0.4, 0.5) is 0 Å². The molecular formula is C21H19N3O3S. The highest BCUT2D eigenvalue weighted by molar-refractivity contribution is 7.10. The van der Waals surface area contributed by atoms with Gasteiger partial charge in [-0.1, -0.05) is 12.1 Å². The van der Waals surface area contributed by atoms with Crippen LogP contribution in [0.25, 0.3) is 16.6 Å². The summed E-state index contributed by atoms with van der Waals surface area (Å²) in [6.45, 7) is 1.55. The van der Waals surface area contributed by atoms with E-state index in [4.69, 9.17) is 4.74 Å². The summed E-state index contributed by atoms with van der Waals surface area (Å²) >= 11 is 1.58. The van der Waals surface area contributed by atoms with Gasteiger partial charge < -0.3 is 14.8 Å². The Bertz CT molecular complexity index is 1090. The number of H-pyrrole nitrogens is 1. The average molecular weight is 393 g/mol. The highest BCUT2D eigenvalue weighted by atomic mass is 32.1. The first-order valence-electron chi connectivity index (χ1n) is 9.17. The molecule has 142 valence electrons. The van der Waals surface area contributed by atoms with Crippen LogP contribution in [0.15, 0.2) is 35.4 Å². The normalized spacial score (nSPS) is 15.4. The minimum atomic E-state index is -0.963. The van der Waals surface area contributed by atoms with E-state index in [0.717, 1.165) is 36.8 Å². The number of hydrogen-bond acceptors (Lipinski definition) is 6. The van der Waals surface area contributed by atoms with Gasteiger partial charge in [-0.2, -0.15) is 5.26 Å². The fourth-order valence-electron chi connectivity index (χ4n) is 3.45. The van der Waals surface area contributed by atoms with E-state index >= 15 is 0 Å². The van der Waals surface area contributed by atoms with Gasteiger partial charge in [0, 0.05) is 10.3 Å². The third-order valence-corrected chi connectivity index (χ3v) is 6.03. The zero-order chi connectivity index (χ0) is 19.7. The van der Waals surface area contributed by atoms with Gasteiger partial charge in [0.25, 0.3) is 0 Å². The van der Waals surface area contributed by atoms with E-state index in [9.17, 15) is 15.2 Å². The molecule has 28 heavy (non-hydrogen) atoms. The Morgan fingerprint density at radius 2 is 2.14 bits per heavy atom. The van der Waals surface area contributed by atoms with Crippen molar-refractivity contribution in [3.8, 4) is 6.07 Å². The smallest absolute Gasteiger partial charge is 0.339 e. The quantitative estimate of drug-likeness (QED) is 0.385. The van der Waals surface area contributed by atoms with Crippen molar-refractivity contribution in [2.24, 2.45) is 0 Å². The standard InChI is InChI=1S/C21H19N3O3S/c1-12(27-21(26)15-11-28-18-9-5-2-6-13(15)18)19(25)14(10-22)20-23-16-7-3-4-8-17(16)24-20/h3-4,7-8,11-12,25H,2,5-6,9H2,1H3,(H,23,24)/b19-14-/t12-/m1/s1. The number of carbonyl (C=O) groups is 1. The van der Waals surface area contributed by atoms with Gasteiger partial charge in [-0.25, -0.2) is 9.78 Å². The topological polar surface area (TPSA) is 99.0 Å². The summed E-state index contributed by atoms with van der Waals surface area (Å²) in [5.41, 5.74) is 3.04. The third-order valence-electron chi connectivity index (χ3n) is 4.94. The Morgan fingerprint density at radius 1 is 1.36 bits per heavy atom. The number of aryl methyl sites for hydroxylation is 1. The second-order valence-corrected chi connectivity index (χ2v) is 7.74. The number of ether oxygens (including phenoxy) is 1. The van der Waals surface area contributed by atoms with Crippen molar-refractivity contribution in [1.82, 2.24) is 9.97 Å². The van der Waals surface area contributed by atoms with Crippen molar-refractivity contribution < 1.29 is 14.6 Å². The first kappa shape index (κ1) is 18.3. The molecule has 1 aliphatic rings. The van der Waals surface area contributed by atoms with Crippen molar-refractivity contribution in [3.63, 3.8) is 0 Å². The minimum absolute atomic E-state index is 0.0381. The molecule has 2 N–H and O–H groups in total. The van der Waals surface area contributed by atoms with Gasteiger partial charge >= 0.3 is 5.97 Å². The zero-order valence-corrected chi connectivity index (χ0v) is 16.2. The summed E-state index contributed by atoms with van der Waals surface area (Å²) in [6.07, 6.45) is 3.12. The number of thiophene rings is 1. The van der Waals surface area contributed by atoms with E-state index in [-0.39, 0.29) is 17.2 Å². The predicted octanol–water partition coefficient (Wildman–Crippen LogP) is 4.54. The molecule has 4 rings (SSSR count). The molecule has 0 aliphatic heterocycles. The molecule has 0 unspecified atom stereocenters. The molecule has 3 aromatic rings. The Balaban J connectivity index is 1.59. The summed E-state index contributed by atoms with van der Waals surface area (Å²) < 4.78 is 5.47. The highest BCUT2D eigenvalue weighted by Gasteiger charge is 2.25. The Morgan fingerprint density at radius 3 is 2.93 bits per heavy atom. The lowest BCUT2D eigenvalue weighted by molar-refractivity contribution is 0.0333. The van der Waals surface area contributed by atoms with Crippen LogP contribution in [0.3, 0.4) is 0 Å². The van der Waals surface area contributed by atoms with Crippen LogP contribution in [0, 0.1) is 11.3 Å². The molecule has 0 fully saturated rings. The number of esters is 1. The van der Waals surface area contributed by atoms with E-state index in [1.807, 2.05) is 35.7 Å². The van der Waals surface area contributed by atoms with Crippen molar-refractivity contribution in [2.45, 2.75) is 38.7 Å². The van der Waals surface area contributed by atoms with Crippen LogP contribution in [0.5, 0.6) is 0 Å². The fourth-order valence-corrected chi connectivity index (χ4v) is 4.57. The number of nitrogens with zero attached hydrogens (tertiary/aromatic N) is 2. The molecule has 0 amide bonds. The summed E-state index contributed by atoms with van der Waals surface area (Å²) in [4.78, 5) is 21.2. The molecule has 6 nitrogen and oxygen atoms in total. The molecule has 0 spiro atoms. The maximum absolute atomic E-state index is 12.6. The second-order valence-electron chi connectivity index (χ2n) is 6.78. The number of aromatic nitrogens is 2. The van der Waals surface area contributed by atoms with Crippen LogP contribution in [0.2, 0.25) is 0 Å². The molecule has 7 heteroatoms. The lowest BCUT2D eigenvalue weighted by atomic mass is 9.96.